The van der Waals surface area contributed by atoms with Gasteiger partial charge in [0.2, 0.25) is 0 Å². The highest BCUT2D eigenvalue weighted by Crippen LogP contribution is 2.21. The van der Waals surface area contributed by atoms with E-state index in [1.807, 2.05) is 36.4 Å². The summed E-state index contributed by atoms with van der Waals surface area (Å²) in [4.78, 5) is 14.2. The highest BCUT2D eigenvalue weighted by Gasteiger charge is 2.14. The number of methoxy groups -OCH3 is 1. The first-order chi connectivity index (χ1) is 10.7. The van der Waals surface area contributed by atoms with Crippen LogP contribution in [0.5, 0.6) is 5.75 Å². The second kappa shape index (κ2) is 5.81. The second-order valence-corrected chi connectivity index (χ2v) is 4.90. The molecule has 0 saturated heterocycles. The third-order valence-corrected chi connectivity index (χ3v) is 3.56. The van der Waals surface area contributed by atoms with Gasteiger partial charge in [-0.05, 0) is 36.4 Å². The van der Waals surface area contributed by atoms with Crippen molar-refractivity contribution in [2.45, 2.75) is 0 Å². The van der Waals surface area contributed by atoms with Crippen molar-refractivity contribution in [3.05, 3.63) is 60.4 Å². The first kappa shape index (κ1) is 14.0. The largest absolute Gasteiger partial charge is 0.497 e. The van der Waals surface area contributed by atoms with Crippen LogP contribution in [0.1, 0.15) is 10.4 Å². The molecule has 0 unspecified atom stereocenters. The Hall–Kier alpha value is -2.95. The van der Waals surface area contributed by atoms with Crippen LogP contribution in [0.3, 0.4) is 0 Å². The number of carbonyl (C=O) groups is 1. The smallest absolute Gasteiger partial charge is 0.258 e. The van der Waals surface area contributed by atoms with E-state index >= 15 is 0 Å². The Kier molecular flexibility index (Phi) is 3.70. The number of nitrogens with zero attached hydrogens (tertiary/aromatic N) is 3. The van der Waals surface area contributed by atoms with Gasteiger partial charge in [-0.3, -0.25) is 4.79 Å². The number of amides is 1. The predicted molar refractivity (Wildman–Crippen MR) is 85.3 cm³/mol. The van der Waals surface area contributed by atoms with Gasteiger partial charge in [0.1, 0.15) is 5.75 Å². The summed E-state index contributed by atoms with van der Waals surface area (Å²) in [5, 5.41) is 9.53. The highest BCUT2D eigenvalue weighted by atomic mass is 16.5. The van der Waals surface area contributed by atoms with Crippen LogP contribution in [-0.4, -0.2) is 30.3 Å². The summed E-state index contributed by atoms with van der Waals surface area (Å²) in [7, 11) is 3.36. The fraction of sp³-hybridized carbons (Fsp3) is 0.118. The summed E-state index contributed by atoms with van der Waals surface area (Å²) in [5.74, 6) is 0.678. The number of ether oxygens (including phenoxy) is 1. The van der Waals surface area contributed by atoms with E-state index in [1.54, 1.807) is 37.5 Å². The lowest BCUT2D eigenvalue weighted by Crippen LogP contribution is -2.26. The zero-order valence-corrected chi connectivity index (χ0v) is 12.4. The summed E-state index contributed by atoms with van der Waals surface area (Å²) < 4.78 is 5.13. The van der Waals surface area contributed by atoms with Crippen LogP contribution < -0.4 is 9.64 Å². The molecule has 5 nitrogen and oxygen atoms in total. The summed E-state index contributed by atoms with van der Waals surface area (Å²) in [6.45, 7) is 0. The molecule has 0 spiro atoms. The highest BCUT2D eigenvalue weighted by molar-refractivity contribution is 6.07. The summed E-state index contributed by atoms with van der Waals surface area (Å²) in [6.07, 6.45) is 3.33. The van der Waals surface area contributed by atoms with Gasteiger partial charge in [-0.1, -0.05) is 6.07 Å². The number of hydrogen-bond donors (Lipinski definition) is 0. The molecule has 0 fully saturated rings. The van der Waals surface area contributed by atoms with Crippen molar-refractivity contribution in [2.75, 3.05) is 19.1 Å². The molecule has 0 atom stereocenters. The van der Waals surface area contributed by atoms with Gasteiger partial charge < -0.3 is 9.64 Å². The molecule has 5 heteroatoms. The number of fused-ring (bicyclic) bond motifs is 1. The molecular weight excluding hydrogens is 278 g/mol. The molecule has 1 heterocycles. The van der Waals surface area contributed by atoms with E-state index in [4.69, 9.17) is 4.74 Å². The Morgan fingerprint density at radius 1 is 1.00 bits per heavy atom. The van der Waals surface area contributed by atoms with Crippen molar-refractivity contribution < 1.29 is 9.53 Å². The van der Waals surface area contributed by atoms with Crippen LogP contribution in [0.2, 0.25) is 0 Å². The molecular formula is C17H15N3O2. The Balaban J connectivity index is 1.90. The van der Waals surface area contributed by atoms with Gasteiger partial charge in [-0.15, -0.1) is 0 Å². The lowest BCUT2D eigenvalue weighted by molar-refractivity contribution is 0.0993. The minimum absolute atomic E-state index is 0.0797. The molecule has 1 amide bonds. The molecule has 0 N–H and O–H groups in total. The minimum Gasteiger partial charge on any atom is -0.497 e. The molecule has 3 aromatic rings. The molecule has 0 radical (unpaired) electrons. The van der Waals surface area contributed by atoms with Crippen molar-refractivity contribution in [3.63, 3.8) is 0 Å². The Morgan fingerprint density at radius 2 is 1.68 bits per heavy atom. The SMILES string of the molecule is COc1ccc(N(C)C(=O)c2ccc3cnncc3c2)cc1. The average Bonchev–Trinajstić information content (AvgIpc) is 2.60. The van der Waals surface area contributed by atoms with Gasteiger partial charge in [0.15, 0.2) is 0 Å². The van der Waals surface area contributed by atoms with Crippen LogP contribution in [-0.2, 0) is 0 Å². The number of carbonyl (C=O) groups excluding carboxylic acids is 1. The maximum atomic E-state index is 12.6. The molecule has 2 aromatic carbocycles. The number of aromatic nitrogens is 2. The van der Waals surface area contributed by atoms with E-state index in [2.05, 4.69) is 10.2 Å². The van der Waals surface area contributed by atoms with Gasteiger partial charge in [0.25, 0.3) is 5.91 Å². The molecule has 0 aliphatic rings. The van der Waals surface area contributed by atoms with Crippen molar-refractivity contribution in [3.8, 4) is 5.75 Å². The van der Waals surface area contributed by atoms with Crippen LogP contribution in [0, 0.1) is 0 Å². The molecule has 22 heavy (non-hydrogen) atoms. The van der Waals surface area contributed by atoms with Gasteiger partial charge in [-0.2, -0.15) is 10.2 Å². The van der Waals surface area contributed by atoms with E-state index in [0.29, 0.717) is 5.56 Å². The molecule has 110 valence electrons. The summed E-state index contributed by atoms with van der Waals surface area (Å²) >= 11 is 0. The summed E-state index contributed by atoms with van der Waals surface area (Å²) in [6, 6.07) is 12.9. The van der Waals surface area contributed by atoms with Gasteiger partial charge >= 0.3 is 0 Å². The number of hydrogen-bond acceptors (Lipinski definition) is 4. The first-order valence-corrected chi connectivity index (χ1v) is 6.81. The van der Waals surface area contributed by atoms with Crippen LogP contribution in [0.15, 0.2) is 54.9 Å². The Morgan fingerprint density at radius 3 is 2.36 bits per heavy atom. The van der Waals surface area contributed by atoms with Crippen molar-refractivity contribution >= 4 is 22.4 Å². The fourth-order valence-corrected chi connectivity index (χ4v) is 2.24. The van der Waals surface area contributed by atoms with Gasteiger partial charge in [0, 0.05) is 29.1 Å². The third kappa shape index (κ3) is 2.61. The zero-order chi connectivity index (χ0) is 15.5. The van der Waals surface area contributed by atoms with E-state index in [9.17, 15) is 4.79 Å². The lowest BCUT2D eigenvalue weighted by Gasteiger charge is -2.18. The average molecular weight is 293 g/mol. The van der Waals surface area contributed by atoms with Gasteiger partial charge in [0.05, 0.1) is 19.5 Å². The molecule has 0 saturated carbocycles. The Labute approximate surface area is 128 Å². The molecule has 1 aromatic heterocycles. The van der Waals surface area contributed by atoms with E-state index < -0.39 is 0 Å². The first-order valence-electron chi connectivity index (χ1n) is 6.81. The van der Waals surface area contributed by atoms with Crippen LogP contribution in [0.25, 0.3) is 10.8 Å². The standard InChI is InChI=1S/C17H15N3O2/c1-20(15-5-7-16(22-2)8-6-15)17(21)12-3-4-13-10-18-19-11-14(13)9-12/h3-11H,1-2H3. The molecule has 0 aliphatic heterocycles. The van der Waals surface area contributed by atoms with E-state index in [0.717, 1.165) is 22.2 Å². The monoisotopic (exact) mass is 293 g/mol. The van der Waals surface area contributed by atoms with E-state index in [-0.39, 0.29) is 5.91 Å². The number of rotatable bonds is 3. The van der Waals surface area contributed by atoms with Crippen LogP contribution >= 0.6 is 0 Å². The molecule has 3 rings (SSSR count). The minimum atomic E-state index is -0.0797. The Bertz CT molecular complexity index is 816. The maximum absolute atomic E-state index is 12.6. The lowest BCUT2D eigenvalue weighted by atomic mass is 10.1. The second-order valence-electron chi connectivity index (χ2n) is 4.90. The summed E-state index contributed by atoms with van der Waals surface area (Å²) in [5.41, 5.74) is 1.41. The van der Waals surface area contributed by atoms with Crippen molar-refractivity contribution in [1.82, 2.24) is 10.2 Å². The van der Waals surface area contributed by atoms with Crippen molar-refractivity contribution in [1.29, 1.82) is 0 Å². The maximum Gasteiger partial charge on any atom is 0.258 e. The normalized spacial score (nSPS) is 10.5. The number of anilines is 1. The third-order valence-electron chi connectivity index (χ3n) is 3.56. The molecule has 0 aliphatic carbocycles. The van der Waals surface area contributed by atoms with E-state index in [1.165, 1.54) is 0 Å². The topological polar surface area (TPSA) is 55.3 Å². The fourth-order valence-electron chi connectivity index (χ4n) is 2.24. The van der Waals surface area contributed by atoms with Crippen LogP contribution in [0.4, 0.5) is 5.69 Å². The predicted octanol–water partition coefficient (Wildman–Crippen LogP) is 2.92. The molecule has 0 bridgehead atoms. The number of benzene rings is 2. The quantitative estimate of drug-likeness (QED) is 0.745. The zero-order valence-electron chi connectivity index (χ0n) is 12.4. The van der Waals surface area contributed by atoms with Crippen molar-refractivity contribution in [2.24, 2.45) is 0 Å². The van der Waals surface area contributed by atoms with Gasteiger partial charge in [-0.25, -0.2) is 0 Å².